The summed E-state index contributed by atoms with van der Waals surface area (Å²) in [5, 5.41) is 19.0. The normalized spacial score (nSPS) is 15.4. The van der Waals surface area contributed by atoms with Crippen LogP contribution in [0.1, 0.15) is 52.2 Å². The van der Waals surface area contributed by atoms with Gasteiger partial charge < -0.3 is 9.84 Å². The molecule has 1 aliphatic carbocycles. The minimum absolute atomic E-state index is 0.121. The summed E-state index contributed by atoms with van der Waals surface area (Å²) in [6.45, 7) is 4.73. The molecule has 3 rings (SSSR count). The summed E-state index contributed by atoms with van der Waals surface area (Å²) in [5.74, 6) is -0.877. The highest BCUT2D eigenvalue weighted by atomic mass is 32.1. The SMILES string of the molecule is COCc1cc(C#N)ccc1-c1sc2c(c1C(=O)O)CC(C)(C)CC2. The van der Waals surface area contributed by atoms with E-state index in [0.717, 1.165) is 40.8 Å². The number of hydrogen-bond donors (Lipinski definition) is 1. The number of benzene rings is 1. The summed E-state index contributed by atoms with van der Waals surface area (Å²) >= 11 is 1.58. The van der Waals surface area contributed by atoms with E-state index in [-0.39, 0.29) is 5.41 Å². The van der Waals surface area contributed by atoms with Crippen LogP contribution in [0.25, 0.3) is 10.4 Å². The number of carboxylic acids is 1. The van der Waals surface area contributed by atoms with E-state index in [1.54, 1.807) is 30.6 Å². The van der Waals surface area contributed by atoms with E-state index < -0.39 is 5.97 Å². The van der Waals surface area contributed by atoms with Crippen molar-refractivity contribution < 1.29 is 14.6 Å². The third-order valence-electron chi connectivity index (χ3n) is 4.77. The van der Waals surface area contributed by atoms with Crippen LogP contribution in [0, 0.1) is 16.7 Å². The van der Waals surface area contributed by atoms with Crippen molar-refractivity contribution in [1.82, 2.24) is 0 Å². The highest BCUT2D eigenvalue weighted by molar-refractivity contribution is 7.16. The van der Waals surface area contributed by atoms with Crippen molar-refractivity contribution >= 4 is 17.3 Å². The maximum atomic E-state index is 12.1. The Bertz CT molecular complexity index is 874. The lowest BCUT2D eigenvalue weighted by atomic mass is 9.76. The molecule has 1 aromatic carbocycles. The quantitative estimate of drug-likeness (QED) is 0.867. The molecule has 130 valence electrons. The number of aryl methyl sites for hydroxylation is 1. The number of hydrogen-bond acceptors (Lipinski definition) is 4. The summed E-state index contributed by atoms with van der Waals surface area (Å²) in [7, 11) is 1.60. The van der Waals surface area contributed by atoms with E-state index in [4.69, 9.17) is 10.00 Å². The summed E-state index contributed by atoms with van der Waals surface area (Å²) < 4.78 is 5.27. The van der Waals surface area contributed by atoms with Crippen LogP contribution in [0.15, 0.2) is 18.2 Å². The smallest absolute Gasteiger partial charge is 0.337 e. The van der Waals surface area contributed by atoms with Crippen molar-refractivity contribution in [2.45, 2.75) is 39.7 Å². The van der Waals surface area contributed by atoms with Crippen molar-refractivity contribution in [2.75, 3.05) is 7.11 Å². The third kappa shape index (κ3) is 3.33. The lowest BCUT2D eigenvalue weighted by Gasteiger charge is -2.29. The predicted molar refractivity (Wildman–Crippen MR) is 97.9 cm³/mol. The van der Waals surface area contributed by atoms with Gasteiger partial charge in [-0.3, -0.25) is 0 Å². The van der Waals surface area contributed by atoms with Gasteiger partial charge in [-0.25, -0.2) is 4.79 Å². The molecule has 4 nitrogen and oxygen atoms in total. The Morgan fingerprint density at radius 2 is 2.20 bits per heavy atom. The zero-order valence-corrected chi connectivity index (χ0v) is 15.5. The molecule has 5 heteroatoms. The molecule has 0 saturated heterocycles. The molecule has 0 atom stereocenters. The van der Waals surface area contributed by atoms with Crippen molar-refractivity contribution in [1.29, 1.82) is 5.26 Å². The highest BCUT2D eigenvalue weighted by Crippen LogP contribution is 2.45. The van der Waals surface area contributed by atoms with Gasteiger partial charge in [-0.15, -0.1) is 11.3 Å². The molecule has 0 aliphatic heterocycles. The molecule has 0 radical (unpaired) electrons. The van der Waals surface area contributed by atoms with E-state index in [0.29, 0.717) is 17.7 Å². The Hall–Kier alpha value is -2.16. The number of ether oxygens (including phenoxy) is 1. The van der Waals surface area contributed by atoms with Gasteiger partial charge in [-0.2, -0.15) is 5.26 Å². The van der Waals surface area contributed by atoms with Crippen molar-refractivity contribution in [3.8, 4) is 16.5 Å². The zero-order chi connectivity index (χ0) is 18.2. The van der Waals surface area contributed by atoms with E-state index in [1.165, 1.54) is 4.88 Å². The van der Waals surface area contributed by atoms with Gasteiger partial charge in [0.25, 0.3) is 0 Å². The maximum absolute atomic E-state index is 12.1. The second-order valence-corrected chi connectivity index (χ2v) is 8.38. The van der Waals surface area contributed by atoms with Crippen molar-refractivity contribution in [2.24, 2.45) is 5.41 Å². The Labute approximate surface area is 151 Å². The van der Waals surface area contributed by atoms with Crippen LogP contribution < -0.4 is 0 Å². The van der Waals surface area contributed by atoms with E-state index in [2.05, 4.69) is 19.9 Å². The summed E-state index contributed by atoms with van der Waals surface area (Å²) in [5.41, 5.74) is 3.79. The topological polar surface area (TPSA) is 70.3 Å². The lowest BCUT2D eigenvalue weighted by Crippen LogP contribution is -2.22. The summed E-state index contributed by atoms with van der Waals surface area (Å²) in [4.78, 5) is 14.0. The first-order valence-corrected chi connectivity index (χ1v) is 9.08. The molecule has 1 N–H and O–H groups in total. The van der Waals surface area contributed by atoms with Gasteiger partial charge in [0.1, 0.15) is 0 Å². The van der Waals surface area contributed by atoms with Gasteiger partial charge in [0.05, 0.1) is 23.8 Å². The molecule has 2 aromatic rings. The lowest BCUT2D eigenvalue weighted by molar-refractivity contribution is 0.0696. The summed E-state index contributed by atoms with van der Waals surface area (Å²) in [6, 6.07) is 7.51. The minimum atomic E-state index is -0.877. The molecule has 0 spiro atoms. The van der Waals surface area contributed by atoms with Gasteiger partial charge in [0.2, 0.25) is 0 Å². The number of thiophene rings is 1. The van der Waals surface area contributed by atoms with Crippen LogP contribution in [-0.4, -0.2) is 18.2 Å². The van der Waals surface area contributed by atoms with Gasteiger partial charge in [-0.05, 0) is 53.5 Å². The minimum Gasteiger partial charge on any atom is -0.478 e. The van der Waals surface area contributed by atoms with Crippen LogP contribution in [-0.2, 0) is 24.2 Å². The van der Waals surface area contributed by atoms with Crippen LogP contribution in [0.2, 0.25) is 0 Å². The molecule has 0 amide bonds. The average Bonchev–Trinajstić information content (AvgIpc) is 2.92. The number of carbonyl (C=O) groups is 1. The predicted octanol–water partition coefficient (Wildman–Crippen LogP) is 4.65. The van der Waals surface area contributed by atoms with Crippen molar-refractivity contribution in [3.63, 3.8) is 0 Å². The second-order valence-electron chi connectivity index (χ2n) is 7.27. The Balaban J connectivity index is 2.21. The molecule has 1 aliphatic rings. The molecule has 0 unspecified atom stereocenters. The fraction of sp³-hybridized carbons (Fsp3) is 0.400. The Kier molecular flexibility index (Phi) is 4.68. The van der Waals surface area contributed by atoms with Crippen LogP contribution >= 0.6 is 11.3 Å². The highest BCUT2D eigenvalue weighted by Gasteiger charge is 2.33. The number of nitrogens with zero attached hydrogens (tertiary/aromatic N) is 1. The molecule has 25 heavy (non-hydrogen) atoms. The van der Waals surface area contributed by atoms with Gasteiger partial charge in [-0.1, -0.05) is 19.9 Å². The largest absolute Gasteiger partial charge is 0.478 e. The van der Waals surface area contributed by atoms with E-state index in [1.807, 2.05) is 6.07 Å². The standard InChI is InChI=1S/C20H21NO3S/c1-20(2)7-6-16-15(9-20)17(19(22)23)18(25-16)14-5-4-12(10-21)8-13(14)11-24-3/h4-5,8H,6-7,9,11H2,1-3H3,(H,22,23). The molecule has 1 aromatic heterocycles. The number of carboxylic acid groups (broad SMARTS) is 1. The van der Waals surface area contributed by atoms with E-state index >= 15 is 0 Å². The van der Waals surface area contributed by atoms with Crippen LogP contribution in [0.3, 0.4) is 0 Å². The molecule has 0 bridgehead atoms. The number of fused-ring (bicyclic) bond motifs is 1. The zero-order valence-electron chi connectivity index (χ0n) is 14.7. The molecule has 1 heterocycles. The number of rotatable bonds is 4. The Morgan fingerprint density at radius 1 is 1.44 bits per heavy atom. The first-order chi connectivity index (χ1) is 11.9. The second kappa shape index (κ2) is 6.62. The van der Waals surface area contributed by atoms with Crippen molar-refractivity contribution in [3.05, 3.63) is 45.3 Å². The fourth-order valence-electron chi connectivity index (χ4n) is 3.50. The van der Waals surface area contributed by atoms with Gasteiger partial charge in [0.15, 0.2) is 0 Å². The van der Waals surface area contributed by atoms with Gasteiger partial charge in [0, 0.05) is 16.9 Å². The number of nitriles is 1. The van der Waals surface area contributed by atoms with Crippen LogP contribution in [0.4, 0.5) is 0 Å². The third-order valence-corrected chi connectivity index (χ3v) is 6.09. The number of aromatic carboxylic acids is 1. The first kappa shape index (κ1) is 17.7. The van der Waals surface area contributed by atoms with E-state index in [9.17, 15) is 9.90 Å². The van der Waals surface area contributed by atoms with Gasteiger partial charge >= 0.3 is 5.97 Å². The first-order valence-electron chi connectivity index (χ1n) is 8.26. The monoisotopic (exact) mass is 355 g/mol. The molecule has 0 fully saturated rings. The maximum Gasteiger partial charge on any atom is 0.337 e. The fourth-order valence-corrected chi connectivity index (χ4v) is 4.87. The van der Waals surface area contributed by atoms with Crippen LogP contribution in [0.5, 0.6) is 0 Å². The molecule has 0 saturated carbocycles. The summed E-state index contributed by atoms with van der Waals surface area (Å²) in [6.07, 6.45) is 2.77. The molecular formula is C20H21NO3S. The Morgan fingerprint density at radius 3 is 2.84 bits per heavy atom. The molecular weight excluding hydrogens is 334 g/mol. The number of methoxy groups -OCH3 is 1. The average molecular weight is 355 g/mol.